The average molecular weight is 386 g/mol. The second-order valence-electron chi connectivity index (χ2n) is 8.51. The number of β-amino-alcohol motifs (C(OH)–C–C–N with tert-alkyl or cyclic N) is 1. The third-order valence-corrected chi connectivity index (χ3v) is 5.84. The summed E-state index contributed by atoms with van der Waals surface area (Å²) in [6.45, 7) is 20.0. The van der Waals surface area contributed by atoms with Crippen LogP contribution in [0, 0.1) is 11.3 Å². The van der Waals surface area contributed by atoms with E-state index in [1.807, 2.05) is 0 Å². The van der Waals surface area contributed by atoms with Crippen LogP contribution >= 0.6 is 0 Å². The quantitative estimate of drug-likeness (QED) is 0.328. The standard InChI is InChI=1S/C22H43NO4/c1-9-12-22(10-2,11-3)16-26-14-18(6)21(7,8)23-13-19(24)15-27-20(25)17(4)5/h18-19,23-24H,4,9-16H2,1-3,5-8H3. The fourth-order valence-corrected chi connectivity index (χ4v) is 2.98. The molecule has 0 saturated heterocycles. The van der Waals surface area contributed by atoms with E-state index in [0.29, 0.717) is 18.7 Å². The minimum Gasteiger partial charge on any atom is -0.460 e. The predicted molar refractivity (Wildman–Crippen MR) is 112 cm³/mol. The van der Waals surface area contributed by atoms with Crippen molar-refractivity contribution in [1.82, 2.24) is 5.32 Å². The fourth-order valence-electron chi connectivity index (χ4n) is 2.98. The first-order valence-corrected chi connectivity index (χ1v) is 10.4. The molecule has 5 nitrogen and oxygen atoms in total. The highest BCUT2D eigenvalue weighted by molar-refractivity contribution is 5.86. The molecule has 0 radical (unpaired) electrons. The number of rotatable bonds is 15. The Morgan fingerprint density at radius 3 is 2.26 bits per heavy atom. The molecule has 0 aromatic rings. The minimum absolute atomic E-state index is 0.0355. The van der Waals surface area contributed by atoms with Crippen LogP contribution in [0.4, 0.5) is 0 Å². The molecular weight excluding hydrogens is 342 g/mol. The second-order valence-corrected chi connectivity index (χ2v) is 8.51. The number of hydrogen-bond acceptors (Lipinski definition) is 5. The Labute approximate surface area is 166 Å². The SMILES string of the molecule is C=C(C)C(=O)OCC(O)CNC(C)(C)C(C)COCC(CC)(CC)CCC. The first kappa shape index (κ1) is 26.1. The molecule has 0 fully saturated rings. The van der Waals surface area contributed by atoms with Crippen molar-refractivity contribution in [2.24, 2.45) is 11.3 Å². The van der Waals surface area contributed by atoms with Gasteiger partial charge in [-0.3, -0.25) is 0 Å². The van der Waals surface area contributed by atoms with Gasteiger partial charge in [0, 0.05) is 17.7 Å². The largest absolute Gasteiger partial charge is 0.460 e. The molecule has 0 heterocycles. The Bertz CT molecular complexity index is 444. The van der Waals surface area contributed by atoms with Gasteiger partial charge < -0.3 is 19.9 Å². The first-order valence-electron chi connectivity index (χ1n) is 10.4. The third kappa shape index (κ3) is 9.72. The van der Waals surface area contributed by atoms with Crippen molar-refractivity contribution >= 4 is 5.97 Å². The number of aliphatic hydroxyl groups excluding tert-OH is 1. The highest BCUT2D eigenvalue weighted by Gasteiger charge is 2.29. The van der Waals surface area contributed by atoms with E-state index in [9.17, 15) is 9.90 Å². The summed E-state index contributed by atoms with van der Waals surface area (Å²) in [5.74, 6) is -0.201. The maximum Gasteiger partial charge on any atom is 0.333 e. The molecule has 0 saturated carbocycles. The molecule has 0 bridgehead atoms. The number of ether oxygens (including phenoxy) is 2. The Morgan fingerprint density at radius 1 is 1.19 bits per heavy atom. The zero-order valence-corrected chi connectivity index (χ0v) is 18.7. The molecule has 2 N–H and O–H groups in total. The maximum atomic E-state index is 11.4. The van der Waals surface area contributed by atoms with E-state index in [4.69, 9.17) is 9.47 Å². The van der Waals surface area contributed by atoms with Gasteiger partial charge in [-0.1, -0.05) is 40.7 Å². The molecule has 27 heavy (non-hydrogen) atoms. The maximum absolute atomic E-state index is 11.4. The molecule has 2 unspecified atom stereocenters. The molecule has 0 aliphatic carbocycles. The van der Waals surface area contributed by atoms with Crippen LogP contribution in [0.15, 0.2) is 12.2 Å². The monoisotopic (exact) mass is 385 g/mol. The van der Waals surface area contributed by atoms with E-state index >= 15 is 0 Å². The molecule has 0 spiro atoms. The van der Waals surface area contributed by atoms with E-state index < -0.39 is 12.1 Å². The molecule has 0 aromatic carbocycles. The van der Waals surface area contributed by atoms with Gasteiger partial charge in [0.25, 0.3) is 0 Å². The summed E-state index contributed by atoms with van der Waals surface area (Å²) >= 11 is 0. The molecule has 0 amide bonds. The van der Waals surface area contributed by atoms with Crippen molar-refractivity contribution in [3.63, 3.8) is 0 Å². The number of nitrogens with one attached hydrogen (secondary N) is 1. The third-order valence-electron chi connectivity index (χ3n) is 5.84. The van der Waals surface area contributed by atoms with Crippen LogP contribution in [0.25, 0.3) is 0 Å². The zero-order valence-electron chi connectivity index (χ0n) is 18.7. The molecule has 160 valence electrons. The molecule has 0 aliphatic heterocycles. The first-order chi connectivity index (χ1) is 12.5. The van der Waals surface area contributed by atoms with Crippen molar-refractivity contribution in [3.05, 3.63) is 12.2 Å². The number of carbonyl (C=O) groups excluding carboxylic acids is 1. The van der Waals surface area contributed by atoms with Crippen LogP contribution in [0.1, 0.15) is 74.1 Å². The van der Waals surface area contributed by atoms with Crippen molar-refractivity contribution in [3.8, 4) is 0 Å². The smallest absolute Gasteiger partial charge is 0.333 e. The van der Waals surface area contributed by atoms with Gasteiger partial charge in [0.15, 0.2) is 0 Å². The Hall–Kier alpha value is -0.910. The summed E-state index contributed by atoms with van der Waals surface area (Å²) in [7, 11) is 0. The molecule has 5 heteroatoms. The Kier molecular flexibility index (Phi) is 12.1. The number of hydrogen-bond donors (Lipinski definition) is 2. The lowest BCUT2D eigenvalue weighted by molar-refractivity contribution is -0.141. The lowest BCUT2D eigenvalue weighted by Gasteiger charge is -2.36. The summed E-state index contributed by atoms with van der Waals surface area (Å²) in [5, 5.41) is 13.4. The van der Waals surface area contributed by atoms with Crippen LogP contribution < -0.4 is 5.32 Å². The summed E-state index contributed by atoms with van der Waals surface area (Å²) in [6, 6.07) is 0. The van der Waals surface area contributed by atoms with Crippen molar-refractivity contribution in [1.29, 1.82) is 0 Å². The Balaban J connectivity index is 4.37. The summed E-state index contributed by atoms with van der Waals surface area (Å²) in [4.78, 5) is 11.4. The van der Waals surface area contributed by atoms with E-state index in [-0.39, 0.29) is 23.5 Å². The summed E-state index contributed by atoms with van der Waals surface area (Å²) in [6.07, 6.45) is 3.91. The summed E-state index contributed by atoms with van der Waals surface area (Å²) in [5.41, 5.74) is 0.417. The molecule has 2 atom stereocenters. The highest BCUT2D eigenvalue weighted by Crippen LogP contribution is 2.32. The lowest BCUT2D eigenvalue weighted by Crippen LogP contribution is -2.50. The van der Waals surface area contributed by atoms with Gasteiger partial charge >= 0.3 is 5.97 Å². The Morgan fingerprint density at radius 2 is 1.78 bits per heavy atom. The van der Waals surface area contributed by atoms with E-state index in [2.05, 4.69) is 53.4 Å². The lowest BCUT2D eigenvalue weighted by atomic mass is 9.79. The van der Waals surface area contributed by atoms with E-state index in [0.717, 1.165) is 19.4 Å². The van der Waals surface area contributed by atoms with Crippen LogP contribution in [-0.2, 0) is 14.3 Å². The zero-order chi connectivity index (χ0) is 21.1. The van der Waals surface area contributed by atoms with Crippen LogP contribution in [0.2, 0.25) is 0 Å². The molecular formula is C22H43NO4. The van der Waals surface area contributed by atoms with Gasteiger partial charge in [0.05, 0.1) is 13.2 Å². The predicted octanol–water partition coefficient (Wildman–Crippen LogP) is 4.09. The van der Waals surface area contributed by atoms with Gasteiger partial charge in [-0.15, -0.1) is 0 Å². The number of aliphatic hydroxyl groups is 1. The van der Waals surface area contributed by atoms with E-state index in [1.165, 1.54) is 12.8 Å². The molecule has 0 aliphatic rings. The van der Waals surface area contributed by atoms with Gasteiger partial charge in [-0.25, -0.2) is 4.79 Å². The molecule has 0 rings (SSSR count). The molecule has 0 aromatic heterocycles. The van der Waals surface area contributed by atoms with E-state index in [1.54, 1.807) is 6.92 Å². The van der Waals surface area contributed by atoms with Gasteiger partial charge in [0.2, 0.25) is 0 Å². The van der Waals surface area contributed by atoms with Crippen molar-refractivity contribution in [2.75, 3.05) is 26.4 Å². The number of carbonyl (C=O) groups is 1. The van der Waals surface area contributed by atoms with Gasteiger partial charge in [0.1, 0.15) is 12.7 Å². The highest BCUT2D eigenvalue weighted by atomic mass is 16.5. The van der Waals surface area contributed by atoms with Gasteiger partial charge in [-0.05, 0) is 51.4 Å². The van der Waals surface area contributed by atoms with Crippen LogP contribution in [0.5, 0.6) is 0 Å². The number of esters is 1. The van der Waals surface area contributed by atoms with Crippen LogP contribution in [-0.4, -0.2) is 49.1 Å². The topological polar surface area (TPSA) is 67.8 Å². The van der Waals surface area contributed by atoms with Crippen LogP contribution in [0.3, 0.4) is 0 Å². The van der Waals surface area contributed by atoms with Crippen molar-refractivity contribution in [2.45, 2.75) is 85.8 Å². The summed E-state index contributed by atoms with van der Waals surface area (Å²) < 4.78 is 11.1. The second kappa shape index (κ2) is 12.5. The normalized spacial score (nSPS) is 14.7. The van der Waals surface area contributed by atoms with Crippen molar-refractivity contribution < 1.29 is 19.4 Å². The minimum atomic E-state index is -0.752. The average Bonchev–Trinajstić information content (AvgIpc) is 2.63. The fraction of sp³-hybridized carbons (Fsp3) is 0.864. The van der Waals surface area contributed by atoms with Gasteiger partial charge in [-0.2, -0.15) is 0 Å².